The second-order valence-electron chi connectivity index (χ2n) is 5.73. The summed E-state index contributed by atoms with van der Waals surface area (Å²) in [6, 6.07) is 3.29. The van der Waals surface area contributed by atoms with E-state index in [2.05, 4.69) is 24.1 Å². The van der Waals surface area contributed by atoms with Crippen LogP contribution in [0.25, 0.3) is 0 Å². The molecule has 1 fully saturated rings. The molecule has 1 aliphatic rings. The molecule has 3 atom stereocenters. The fraction of sp³-hybridized carbons (Fsp3) is 0.643. The van der Waals surface area contributed by atoms with Gasteiger partial charge in [-0.25, -0.2) is 13.4 Å². The van der Waals surface area contributed by atoms with Gasteiger partial charge in [-0.15, -0.1) is 0 Å². The van der Waals surface area contributed by atoms with Crippen molar-refractivity contribution in [3.8, 4) is 0 Å². The van der Waals surface area contributed by atoms with Crippen LogP contribution in [-0.4, -0.2) is 37.3 Å². The molecular weight excluding hydrogens is 274 g/mol. The molecule has 1 N–H and O–H groups in total. The Balaban J connectivity index is 2.43. The summed E-state index contributed by atoms with van der Waals surface area (Å²) in [6.45, 7) is 6.79. The van der Waals surface area contributed by atoms with E-state index in [1.807, 2.05) is 6.92 Å². The molecule has 0 radical (unpaired) electrons. The Hall–Kier alpha value is -1.14. The van der Waals surface area contributed by atoms with E-state index in [0.717, 1.165) is 6.42 Å². The highest BCUT2D eigenvalue weighted by Gasteiger charge is 2.38. The molecule has 5 nitrogen and oxygen atoms in total. The summed E-state index contributed by atoms with van der Waals surface area (Å²) in [5, 5.41) is 2.86. The van der Waals surface area contributed by atoms with Gasteiger partial charge in [-0.3, -0.25) is 0 Å². The molecule has 2 heterocycles. The molecule has 0 aliphatic carbocycles. The van der Waals surface area contributed by atoms with Crippen molar-refractivity contribution in [1.82, 2.24) is 9.29 Å². The zero-order chi connectivity index (χ0) is 14.9. The molecule has 20 heavy (non-hydrogen) atoms. The van der Waals surface area contributed by atoms with Crippen LogP contribution >= 0.6 is 0 Å². The third-order valence-electron chi connectivity index (χ3n) is 4.14. The molecule has 1 saturated heterocycles. The van der Waals surface area contributed by atoms with Crippen molar-refractivity contribution in [1.29, 1.82) is 0 Å². The Labute approximate surface area is 121 Å². The SMILES string of the molecule is CNc1ncccc1S(=O)(=O)N1CC(C)CC(C)C1C. The van der Waals surface area contributed by atoms with Crippen LogP contribution in [0.15, 0.2) is 23.2 Å². The lowest BCUT2D eigenvalue weighted by Gasteiger charge is -2.40. The number of nitrogens with zero attached hydrogens (tertiary/aromatic N) is 2. The Morgan fingerprint density at radius 3 is 2.70 bits per heavy atom. The van der Waals surface area contributed by atoms with Crippen LogP contribution in [0, 0.1) is 11.8 Å². The van der Waals surface area contributed by atoms with Gasteiger partial charge >= 0.3 is 0 Å². The van der Waals surface area contributed by atoms with E-state index in [1.165, 1.54) is 0 Å². The van der Waals surface area contributed by atoms with Crippen molar-refractivity contribution in [3.05, 3.63) is 18.3 Å². The van der Waals surface area contributed by atoms with Crippen LogP contribution in [0.4, 0.5) is 5.82 Å². The Morgan fingerprint density at radius 1 is 1.35 bits per heavy atom. The van der Waals surface area contributed by atoms with Crippen molar-refractivity contribution in [2.75, 3.05) is 18.9 Å². The maximum absolute atomic E-state index is 12.9. The summed E-state index contributed by atoms with van der Waals surface area (Å²) >= 11 is 0. The standard InChI is InChI=1S/C14H23N3O2S/c1-10-8-11(2)12(3)17(9-10)20(18,19)13-6-5-7-16-14(13)15-4/h5-7,10-12H,8-9H2,1-4H3,(H,15,16). The van der Waals surface area contributed by atoms with Gasteiger partial charge in [0.2, 0.25) is 10.0 Å². The monoisotopic (exact) mass is 297 g/mol. The van der Waals surface area contributed by atoms with Gasteiger partial charge in [-0.2, -0.15) is 4.31 Å². The smallest absolute Gasteiger partial charge is 0.247 e. The third-order valence-corrected chi connectivity index (χ3v) is 6.12. The second-order valence-corrected chi connectivity index (χ2v) is 7.59. The number of sulfonamides is 1. The highest BCUT2D eigenvalue weighted by atomic mass is 32.2. The molecule has 0 bridgehead atoms. The summed E-state index contributed by atoms with van der Waals surface area (Å²) in [7, 11) is -1.82. The third kappa shape index (κ3) is 2.67. The molecule has 0 saturated carbocycles. The fourth-order valence-electron chi connectivity index (χ4n) is 2.89. The van der Waals surface area contributed by atoms with E-state index in [4.69, 9.17) is 0 Å². The van der Waals surface area contributed by atoms with Crippen LogP contribution in [-0.2, 0) is 10.0 Å². The van der Waals surface area contributed by atoms with E-state index in [0.29, 0.717) is 24.2 Å². The largest absolute Gasteiger partial charge is 0.372 e. The average Bonchev–Trinajstić information content (AvgIpc) is 2.42. The number of nitrogens with one attached hydrogen (secondary N) is 1. The van der Waals surface area contributed by atoms with Crippen LogP contribution in [0.3, 0.4) is 0 Å². The van der Waals surface area contributed by atoms with Crippen molar-refractivity contribution >= 4 is 15.8 Å². The van der Waals surface area contributed by atoms with Gasteiger partial charge in [-0.1, -0.05) is 13.8 Å². The van der Waals surface area contributed by atoms with Gasteiger partial charge in [0, 0.05) is 25.8 Å². The highest BCUT2D eigenvalue weighted by Crippen LogP contribution is 2.33. The zero-order valence-corrected chi connectivity index (χ0v) is 13.3. The minimum atomic E-state index is -3.51. The predicted octanol–water partition coefficient (Wildman–Crippen LogP) is 2.18. The Kier molecular flexibility index (Phi) is 4.34. The van der Waals surface area contributed by atoms with Gasteiger partial charge in [0.25, 0.3) is 0 Å². The lowest BCUT2D eigenvalue weighted by atomic mass is 9.88. The van der Waals surface area contributed by atoms with Crippen molar-refractivity contribution in [3.63, 3.8) is 0 Å². The lowest BCUT2D eigenvalue weighted by molar-refractivity contribution is 0.157. The molecule has 3 unspecified atom stereocenters. The van der Waals surface area contributed by atoms with E-state index in [9.17, 15) is 8.42 Å². The van der Waals surface area contributed by atoms with Gasteiger partial charge in [0.15, 0.2) is 0 Å². The predicted molar refractivity (Wildman–Crippen MR) is 80.1 cm³/mol. The van der Waals surface area contributed by atoms with Crippen molar-refractivity contribution in [2.24, 2.45) is 11.8 Å². The number of aromatic nitrogens is 1. The molecule has 6 heteroatoms. The van der Waals surface area contributed by atoms with Gasteiger partial charge in [0.1, 0.15) is 10.7 Å². The summed E-state index contributed by atoms with van der Waals surface area (Å²) in [5.41, 5.74) is 0. The number of anilines is 1. The first kappa shape index (κ1) is 15.3. The summed E-state index contributed by atoms with van der Waals surface area (Å²) in [5.74, 6) is 1.15. The number of rotatable bonds is 3. The topological polar surface area (TPSA) is 62.3 Å². The van der Waals surface area contributed by atoms with Crippen LogP contribution in [0.1, 0.15) is 27.2 Å². The summed E-state index contributed by atoms with van der Waals surface area (Å²) < 4.78 is 27.5. The van der Waals surface area contributed by atoms with E-state index in [-0.39, 0.29) is 10.9 Å². The molecule has 2 rings (SSSR count). The van der Waals surface area contributed by atoms with Crippen molar-refractivity contribution in [2.45, 2.75) is 38.1 Å². The normalized spacial score (nSPS) is 28.3. The molecule has 1 aromatic rings. The Morgan fingerprint density at radius 2 is 2.05 bits per heavy atom. The first-order valence-corrected chi connectivity index (χ1v) is 8.46. The van der Waals surface area contributed by atoms with Gasteiger partial charge in [-0.05, 0) is 37.3 Å². The molecule has 1 aromatic heterocycles. The molecule has 0 aromatic carbocycles. The van der Waals surface area contributed by atoms with Crippen LogP contribution < -0.4 is 5.32 Å². The molecular formula is C14H23N3O2S. The summed E-state index contributed by atoms with van der Waals surface area (Å²) in [4.78, 5) is 4.36. The van der Waals surface area contributed by atoms with E-state index < -0.39 is 10.0 Å². The van der Waals surface area contributed by atoms with E-state index in [1.54, 1.807) is 29.7 Å². The average molecular weight is 297 g/mol. The first-order chi connectivity index (χ1) is 9.37. The summed E-state index contributed by atoms with van der Waals surface area (Å²) in [6.07, 6.45) is 2.66. The lowest BCUT2D eigenvalue weighted by Crippen LogP contribution is -2.48. The van der Waals surface area contributed by atoms with Gasteiger partial charge < -0.3 is 5.32 Å². The minimum absolute atomic E-state index is 0.0149. The number of hydrogen-bond acceptors (Lipinski definition) is 4. The maximum atomic E-state index is 12.9. The van der Waals surface area contributed by atoms with Crippen molar-refractivity contribution < 1.29 is 8.42 Å². The minimum Gasteiger partial charge on any atom is -0.372 e. The molecule has 1 aliphatic heterocycles. The first-order valence-electron chi connectivity index (χ1n) is 7.02. The second kappa shape index (κ2) is 5.69. The fourth-order valence-corrected chi connectivity index (χ4v) is 4.89. The zero-order valence-electron chi connectivity index (χ0n) is 12.5. The molecule has 112 valence electrons. The molecule has 0 amide bonds. The Bertz CT molecular complexity index is 574. The van der Waals surface area contributed by atoms with Gasteiger partial charge in [0.05, 0.1) is 0 Å². The number of piperidine rings is 1. The number of hydrogen-bond donors (Lipinski definition) is 1. The number of pyridine rings is 1. The maximum Gasteiger partial charge on any atom is 0.247 e. The van der Waals surface area contributed by atoms with Crippen LogP contribution in [0.5, 0.6) is 0 Å². The van der Waals surface area contributed by atoms with Crippen LogP contribution in [0.2, 0.25) is 0 Å². The quantitative estimate of drug-likeness (QED) is 0.929. The molecule has 0 spiro atoms. The highest BCUT2D eigenvalue weighted by molar-refractivity contribution is 7.89. The van der Waals surface area contributed by atoms with E-state index >= 15 is 0 Å².